The monoisotopic (exact) mass is 298 g/mol. The van der Waals surface area contributed by atoms with Crippen molar-refractivity contribution in [3.8, 4) is 11.1 Å². The highest BCUT2D eigenvalue weighted by Crippen LogP contribution is 2.15. The second-order valence-electron chi connectivity index (χ2n) is 6.41. The van der Waals surface area contributed by atoms with Crippen LogP contribution in [0.15, 0.2) is 61.7 Å². The largest absolute Gasteiger partial charge is 0.446 e. The minimum absolute atomic E-state index is 0.0935. The Morgan fingerprint density at radius 2 is 1.55 bits per heavy atom. The molecule has 114 valence electrons. The van der Waals surface area contributed by atoms with E-state index in [0.717, 1.165) is 17.7 Å². The molecular weight excluding hydrogens is 274 g/mol. The average molecular weight is 298 g/mol. The molecule has 2 aromatic rings. The summed E-state index contributed by atoms with van der Waals surface area (Å²) in [7, 11) is 6.03. The predicted molar refractivity (Wildman–Crippen MR) is 86.0 cm³/mol. The predicted octanol–water partition coefficient (Wildman–Crippen LogP) is 1.46. The quantitative estimate of drug-likeness (QED) is 0.466. The second-order valence-corrected chi connectivity index (χ2v) is 6.41. The van der Waals surface area contributed by atoms with Gasteiger partial charge in [-0.2, -0.15) is 0 Å². The minimum atomic E-state index is 0.0935. The molecule has 0 aromatic carbocycles. The molecule has 0 atom stereocenters. The van der Waals surface area contributed by atoms with Crippen LogP contribution in [0.2, 0.25) is 0 Å². The van der Waals surface area contributed by atoms with Gasteiger partial charge in [0.15, 0.2) is 31.3 Å². The van der Waals surface area contributed by atoms with E-state index in [1.165, 1.54) is 0 Å². The van der Waals surface area contributed by atoms with Gasteiger partial charge in [-0.1, -0.05) is 6.58 Å². The molecule has 0 radical (unpaired) electrons. The zero-order valence-corrected chi connectivity index (χ0v) is 13.6. The number of likely N-dealkylation sites (N-methyl/N-ethyl adjacent to an activating group) is 1. The number of pyridine rings is 2. The van der Waals surface area contributed by atoms with Gasteiger partial charge in [-0.3, -0.25) is 0 Å². The van der Waals surface area contributed by atoms with E-state index in [1.54, 1.807) is 4.57 Å². The zero-order valence-electron chi connectivity index (χ0n) is 13.6. The van der Waals surface area contributed by atoms with Crippen LogP contribution < -0.4 is 9.13 Å². The Hall–Kier alpha value is -2.33. The summed E-state index contributed by atoms with van der Waals surface area (Å²) < 4.78 is 4.33. The topological polar surface area (TPSA) is 24.8 Å². The van der Waals surface area contributed by atoms with Gasteiger partial charge in [-0.25, -0.2) is 9.36 Å². The zero-order chi connectivity index (χ0) is 16.2. The standard InChI is InChI=1S/C18H24N3O/c1-5-10-19-11-6-16(7-12-19)17-8-13-20(14-9-17)18(22)15-21(2,3)4/h5-9,11-14H,1,10,15H2,2-4H3/q+3. The molecule has 2 heterocycles. The van der Waals surface area contributed by atoms with E-state index in [4.69, 9.17) is 0 Å². The summed E-state index contributed by atoms with van der Waals surface area (Å²) in [6, 6.07) is 8.08. The van der Waals surface area contributed by atoms with Gasteiger partial charge in [-0.15, -0.1) is 4.57 Å². The lowest BCUT2D eigenvalue weighted by Gasteiger charge is -2.20. The number of carbonyl (C=O) groups is 1. The molecule has 0 unspecified atom stereocenters. The number of rotatable bonds is 5. The van der Waals surface area contributed by atoms with Crippen LogP contribution in [-0.2, 0) is 6.54 Å². The Labute approximate surface area is 132 Å². The fourth-order valence-corrected chi connectivity index (χ4v) is 2.19. The summed E-state index contributed by atoms with van der Waals surface area (Å²) in [5, 5.41) is 0. The number of nitrogens with zero attached hydrogens (tertiary/aromatic N) is 3. The Balaban J connectivity index is 2.14. The molecule has 2 aromatic heterocycles. The summed E-state index contributed by atoms with van der Waals surface area (Å²) in [4.78, 5) is 12.2. The normalized spacial score (nSPS) is 11.2. The molecule has 22 heavy (non-hydrogen) atoms. The van der Waals surface area contributed by atoms with Crippen molar-refractivity contribution in [2.24, 2.45) is 0 Å². The van der Waals surface area contributed by atoms with E-state index in [9.17, 15) is 4.79 Å². The van der Waals surface area contributed by atoms with Gasteiger partial charge in [0.05, 0.1) is 21.1 Å². The van der Waals surface area contributed by atoms with Crippen molar-refractivity contribution in [1.29, 1.82) is 0 Å². The third-order valence-electron chi connectivity index (χ3n) is 3.29. The molecule has 0 aliphatic heterocycles. The Bertz CT molecular complexity index is 652. The third kappa shape index (κ3) is 4.33. The van der Waals surface area contributed by atoms with Crippen LogP contribution in [0.1, 0.15) is 4.79 Å². The molecule has 0 saturated carbocycles. The summed E-state index contributed by atoms with van der Waals surface area (Å²) >= 11 is 0. The van der Waals surface area contributed by atoms with E-state index in [0.29, 0.717) is 11.0 Å². The van der Waals surface area contributed by atoms with Crippen molar-refractivity contribution in [3.05, 3.63) is 61.7 Å². The van der Waals surface area contributed by atoms with Crippen molar-refractivity contribution >= 4 is 5.91 Å². The number of quaternary nitrogens is 1. The number of allylic oxidation sites excluding steroid dienone is 1. The first-order valence-electron chi connectivity index (χ1n) is 7.34. The van der Waals surface area contributed by atoms with Crippen molar-refractivity contribution in [3.63, 3.8) is 0 Å². The van der Waals surface area contributed by atoms with E-state index >= 15 is 0 Å². The molecule has 0 amide bonds. The summed E-state index contributed by atoms with van der Waals surface area (Å²) in [5.74, 6) is 0.0935. The van der Waals surface area contributed by atoms with Crippen LogP contribution in [0.25, 0.3) is 11.1 Å². The molecule has 2 rings (SSSR count). The van der Waals surface area contributed by atoms with Crippen LogP contribution in [0.4, 0.5) is 0 Å². The Morgan fingerprint density at radius 3 is 2.00 bits per heavy atom. The average Bonchev–Trinajstić information content (AvgIpc) is 2.47. The van der Waals surface area contributed by atoms with Gasteiger partial charge in [0.2, 0.25) is 6.54 Å². The number of carbonyl (C=O) groups excluding carboxylic acids is 1. The maximum atomic E-state index is 12.2. The van der Waals surface area contributed by atoms with Crippen LogP contribution in [0, 0.1) is 0 Å². The highest BCUT2D eigenvalue weighted by molar-refractivity contribution is 5.68. The van der Waals surface area contributed by atoms with Crippen molar-refractivity contribution < 1.29 is 18.4 Å². The summed E-state index contributed by atoms with van der Waals surface area (Å²) in [5.41, 5.74) is 2.23. The highest BCUT2D eigenvalue weighted by Gasteiger charge is 2.22. The molecule has 0 fully saturated rings. The van der Waals surface area contributed by atoms with E-state index in [2.05, 4.69) is 23.3 Å². The van der Waals surface area contributed by atoms with Crippen molar-refractivity contribution in [1.82, 2.24) is 0 Å². The highest BCUT2D eigenvalue weighted by atomic mass is 16.2. The Morgan fingerprint density at radius 1 is 1.05 bits per heavy atom. The molecule has 0 spiro atoms. The first-order chi connectivity index (χ1) is 10.4. The molecule has 0 N–H and O–H groups in total. The molecule has 4 heteroatoms. The lowest BCUT2D eigenvalue weighted by Crippen LogP contribution is -2.52. The number of aromatic nitrogens is 2. The Kier molecular flexibility index (Phi) is 4.83. The minimum Gasteiger partial charge on any atom is -0.319 e. The van der Waals surface area contributed by atoms with Gasteiger partial charge in [0.1, 0.15) is 0 Å². The van der Waals surface area contributed by atoms with Crippen LogP contribution >= 0.6 is 0 Å². The second kappa shape index (κ2) is 6.62. The number of hydrogen-bond donors (Lipinski definition) is 0. The van der Waals surface area contributed by atoms with Crippen LogP contribution in [-0.4, -0.2) is 38.1 Å². The maximum absolute atomic E-state index is 12.2. The SMILES string of the molecule is C=CC[n+]1ccc(-c2cc[n+](C(=O)C[N+](C)(C)C)cc2)cc1. The molecule has 0 aliphatic carbocycles. The molecule has 0 aliphatic rings. The van der Waals surface area contributed by atoms with E-state index in [-0.39, 0.29) is 5.91 Å². The first-order valence-corrected chi connectivity index (χ1v) is 7.34. The van der Waals surface area contributed by atoms with E-state index in [1.807, 2.05) is 64.1 Å². The molecule has 0 bridgehead atoms. The fraction of sp³-hybridized carbons (Fsp3) is 0.278. The maximum Gasteiger partial charge on any atom is 0.446 e. The van der Waals surface area contributed by atoms with Crippen LogP contribution in [0.5, 0.6) is 0 Å². The van der Waals surface area contributed by atoms with Gasteiger partial charge in [0, 0.05) is 24.3 Å². The van der Waals surface area contributed by atoms with Crippen molar-refractivity contribution in [2.75, 3.05) is 27.7 Å². The van der Waals surface area contributed by atoms with Crippen LogP contribution in [0.3, 0.4) is 0 Å². The smallest absolute Gasteiger partial charge is 0.319 e. The van der Waals surface area contributed by atoms with Gasteiger partial charge in [-0.05, 0) is 17.2 Å². The third-order valence-corrected chi connectivity index (χ3v) is 3.29. The first kappa shape index (κ1) is 16.0. The summed E-state index contributed by atoms with van der Waals surface area (Å²) in [6.07, 6.45) is 9.58. The van der Waals surface area contributed by atoms with E-state index < -0.39 is 0 Å². The fourth-order valence-electron chi connectivity index (χ4n) is 2.19. The lowest BCUT2D eigenvalue weighted by atomic mass is 10.1. The number of hydrogen-bond acceptors (Lipinski definition) is 1. The van der Waals surface area contributed by atoms with Gasteiger partial charge < -0.3 is 4.48 Å². The van der Waals surface area contributed by atoms with Gasteiger partial charge in [0.25, 0.3) is 0 Å². The molecule has 4 nitrogen and oxygen atoms in total. The molecule has 0 saturated heterocycles. The summed E-state index contributed by atoms with van der Waals surface area (Å²) in [6.45, 7) is 5.00. The lowest BCUT2D eigenvalue weighted by molar-refractivity contribution is -0.867. The van der Waals surface area contributed by atoms with Crippen molar-refractivity contribution in [2.45, 2.75) is 6.54 Å². The van der Waals surface area contributed by atoms with Gasteiger partial charge >= 0.3 is 5.91 Å². The molecular formula is C18H24N3O+3.